The molecular weight excluding hydrogens is 498 g/mol. The summed E-state index contributed by atoms with van der Waals surface area (Å²) in [6.07, 6.45) is -1.70. The van der Waals surface area contributed by atoms with Crippen molar-refractivity contribution in [3.8, 4) is 0 Å². The number of fused-ring (bicyclic) bond motifs is 1. The third-order valence-corrected chi connectivity index (χ3v) is 7.10. The normalized spacial score (nSPS) is 18.9. The van der Waals surface area contributed by atoms with E-state index in [9.17, 15) is 18.0 Å². The third kappa shape index (κ3) is 5.84. The molecule has 0 atom stereocenters. The van der Waals surface area contributed by atoms with Crippen LogP contribution in [0.1, 0.15) is 50.8 Å². The Labute approximate surface area is 212 Å². The molecule has 1 fully saturated rings. The van der Waals surface area contributed by atoms with Crippen molar-refractivity contribution >= 4 is 45.7 Å². The molecule has 9 heteroatoms. The van der Waals surface area contributed by atoms with Crippen LogP contribution in [0.5, 0.6) is 0 Å². The van der Waals surface area contributed by atoms with E-state index in [1.165, 1.54) is 12.1 Å². The van der Waals surface area contributed by atoms with Gasteiger partial charge in [0, 0.05) is 33.2 Å². The van der Waals surface area contributed by atoms with Crippen LogP contribution in [-0.4, -0.2) is 23.0 Å². The summed E-state index contributed by atoms with van der Waals surface area (Å²) in [6, 6.07) is 12.9. The van der Waals surface area contributed by atoms with Crippen molar-refractivity contribution in [1.82, 2.24) is 10.3 Å². The first-order valence-corrected chi connectivity index (χ1v) is 12.2. The van der Waals surface area contributed by atoms with Gasteiger partial charge in [0.05, 0.1) is 10.9 Å². The summed E-state index contributed by atoms with van der Waals surface area (Å²) in [5, 5.41) is 8.01. The van der Waals surface area contributed by atoms with E-state index in [2.05, 4.69) is 15.6 Å². The van der Waals surface area contributed by atoms with Gasteiger partial charge < -0.3 is 10.6 Å². The fourth-order valence-electron chi connectivity index (χ4n) is 4.43. The van der Waals surface area contributed by atoms with Gasteiger partial charge in [0.1, 0.15) is 5.69 Å². The molecule has 1 saturated carbocycles. The van der Waals surface area contributed by atoms with Crippen LogP contribution in [0.25, 0.3) is 10.9 Å². The van der Waals surface area contributed by atoms with E-state index in [1.54, 1.807) is 18.2 Å². The number of aromatic nitrogens is 1. The number of hydrogen-bond donors (Lipinski definition) is 2. The maximum Gasteiger partial charge on any atom is 0.433 e. The molecule has 1 heterocycles. The van der Waals surface area contributed by atoms with Gasteiger partial charge in [-0.1, -0.05) is 35.3 Å². The fourth-order valence-corrected chi connectivity index (χ4v) is 4.73. The number of anilines is 1. The van der Waals surface area contributed by atoms with Crippen molar-refractivity contribution in [2.45, 2.75) is 63.2 Å². The van der Waals surface area contributed by atoms with E-state index in [4.69, 9.17) is 23.2 Å². The highest BCUT2D eigenvalue weighted by atomic mass is 35.5. The van der Waals surface area contributed by atoms with Crippen LogP contribution in [0, 0.1) is 0 Å². The minimum Gasteiger partial charge on any atom is -0.382 e. The maximum atomic E-state index is 13.4. The Morgan fingerprint density at radius 3 is 2.14 bits per heavy atom. The number of pyridine rings is 1. The standard InChI is InChI=1S/C26H26Cl2F3N3O/c1-25(2,15-3-5-16(27)6-4-15)24(35)33-19-10-8-18(9-11-19)32-22-14-23(26(29,30)31)34-21-12-7-17(28)13-20(21)22/h3-7,12-14,18-19H,8-11H2,1-2H3,(H,32,34)(H,33,35). The van der Waals surface area contributed by atoms with E-state index in [0.717, 1.165) is 24.5 Å². The second-order valence-corrected chi connectivity index (χ2v) is 10.4. The highest BCUT2D eigenvalue weighted by Gasteiger charge is 2.35. The van der Waals surface area contributed by atoms with E-state index in [1.807, 2.05) is 26.0 Å². The van der Waals surface area contributed by atoms with Crippen molar-refractivity contribution in [2.24, 2.45) is 0 Å². The summed E-state index contributed by atoms with van der Waals surface area (Å²) >= 11 is 12.1. The molecule has 35 heavy (non-hydrogen) atoms. The van der Waals surface area contributed by atoms with Gasteiger partial charge in [0.2, 0.25) is 5.91 Å². The molecule has 4 rings (SSSR count). The Morgan fingerprint density at radius 1 is 0.914 bits per heavy atom. The first kappa shape index (κ1) is 25.6. The molecular formula is C26H26Cl2F3N3O. The average molecular weight is 524 g/mol. The second kappa shape index (κ2) is 9.86. The molecule has 0 bridgehead atoms. The number of alkyl halides is 3. The lowest BCUT2D eigenvalue weighted by atomic mass is 9.82. The monoisotopic (exact) mass is 523 g/mol. The SMILES string of the molecule is CC(C)(C(=O)NC1CCC(Nc2cc(C(F)(F)F)nc3ccc(Cl)cc23)CC1)c1ccc(Cl)cc1. The number of carbonyl (C=O) groups is 1. The first-order valence-electron chi connectivity index (χ1n) is 11.4. The van der Waals surface area contributed by atoms with Crippen molar-refractivity contribution in [3.05, 3.63) is 69.8 Å². The number of rotatable bonds is 5. The smallest absolute Gasteiger partial charge is 0.382 e. The van der Waals surface area contributed by atoms with Crippen molar-refractivity contribution in [2.75, 3.05) is 5.32 Å². The van der Waals surface area contributed by atoms with Crippen molar-refractivity contribution in [1.29, 1.82) is 0 Å². The molecule has 1 amide bonds. The Kier molecular flexibility index (Phi) is 7.21. The number of carbonyl (C=O) groups excluding carboxylic acids is 1. The molecule has 2 aromatic carbocycles. The largest absolute Gasteiger partial charge is 0.433 e. The van der Waals surface area contributed by atoms with Gasteiger partial charge in [-0.05, 0) is 81.5 Å². The lowest BCUT2D eigenvalue weighted by molar-refractivity contribution is -0.140. The molecule has 0 saturated heterocycles. The lowest BCUT2D eigenvalue weighted by Gasteiger charge is -2.33. The number of nitrogens with one attached hydrogen (secondary N) is 2. The highest BCUT2D eigenvalue weighted by molar-refractivity contribution is 6.31. The Hall–Kier alpha value is -2.51. The summed E-state index contributed by atoms with van der Waals surface area (Å²) < 4.78 is 40.2. The van der Waals surface area contributed by atoms with Gasteiger partial charge >= 0.3 is 6.18 Å². The quantitative estimate of drug-likeness (QED) is 0.366. The van der Waals surface area contributed by atoms with E-state index < -0.39 is 17.3 Å². The van der Waals surface area contributed by atoms with Crippen molar-refractivity contribution < 1.29 is 18.0 Å². The van der Waals surface area contributed by atoms with E-state index >= 15 is 0 Å². The second-order valence-electron chi connectivity index (χ2n) is 9.51. The van der Waals surface area contributed by atoms with E-state index in [-0.39, 0.29) is 23.5 Å². The predicted octanol–water partition coefficient (Wildman–Crippen LogP) is 7.38. The maximum absolute atomic E-state index is 13.4. The topological polar surface area (TPSA) is 54.0 Å². The zero-order valence-corrected chi connectivity index (χ0v) is 20.9. The minimum absolute atomic E-state index is 0.00138. The van der Waals surface area contributed by atoms with Gasteiger partial charge in [0.15, 0.2) is 0 Å². The molecule has 186 valence electrons. The van der Waals surface area contributed by atoms with Gasteiger partial charge in [0.25, 0.3) is 0 Å². The Bertz CT molecular complexity index is 1220. The molecule has 1 aromatic heterocycles. The number of benzene rings is 2. The molecule has 0 unspecified atom stereocenters. The Morgan fingerprint density at radius 2 is 1.51 bits per heavy atom. The molecule has 3 aromatic rings. The van der Waals surface area contributed by atoms with Gasteiger partial charge in [-0.15, -0.1) is 0 Å². The summed E-state index contributed by atoms with van der Waals surface area (Å²) in [7, 11) is 0. The minimum atomic E-state index is -4.55. The number of halogens is 5. The molecule has 2 N–H and O–H groups in total. The summed E-state index contributed by atoms with van der Waals surface area (Å²) in [6.45, 7) is 3.74. The van der Waals surface area contributed by atoms with Crippen LogP contribution in [0.2, 0.25) is 10.0 Å². The average Bonchev–Trinajstić information content (AvgIpc) is 2.80. The van der Waals surface area contributed by atoms with Crippen LogP contribution < -0.4 is 10.6 Å². The molecule has 1 aliphatic carbocycles. The first-order chi connectivity index (χ1) is 16.4. The summed E-state index contributed by atoms with van der Waals surface area (Å²) in [4.78, 5) is 16.8. The van der Waals surface area contributed by atoms with Gasteiger partial charge in [-0.25, -0.2) is 4.98 Å². The molecule has 0 spiro atoms. The van der Waals surface area contributed by atoms with Crippen LogP contribution in [0.3, 0.4) is 0 Å². The zero-order chi connectivity index (χ0) is 25.4. The number of hydrogen-bond acceptors (Lipinski definition) is 3. The summed E-state index contributed by atoms with van der Waals surface area (Å²) in [5.41, 5.74) is -0.194. The number of nitrogens with zero attached hydrogens (tertiary/aromatic N) is 1. The highest BCUT2D eigenvalue weighted by Crippen LogP contribution is 2.35. The van der Waals surface area contributed by atoms with Gasteiger partial charge in [-0.3, -0.25) is 4.79 Å². The predicted molar refractivity (Wildman–Crippen MR) is 134 cm³/mol. The molecule has 0 radical (unpaired) electrons. The molecule has 4 nitrogen and oxygen atoms in total. The van der Waals surface area contributed by atoms with E-state index in [0.29, 0.717) is 34.0 Å². The van der Waals surface area contributed by atoms with Crippen molar-refractivity contribution in [3.63, 3.8) is 0 Å². The molecule has 0 aliphatic heterocycles. The van der Waals surface area contributed by atoms with Crippen LogP contribution >= 0.6 is 23.2 Å². The number of amides is 1. The van der Waals surface area contributed by atoms with Gasteiger partial charge in [-0.2, -0.15) is 13.2 Å². The summed E-state index contributed by atoms with van der Waals surface area (Å²) in [5.74, 6) is -0.0687. The fraction of sp³-hybridized carbons (Fsp3) is 0.385. The zero-order valence-electron chi connectivity index (χ0n) is 19.3. The van der Waals surface area contributed by atoms with Crippen LogP contribution in [0.15, 0.2) is 48.5 Å². The Balaban J connectivity index is 1.43. The lowest BCUT2D eigenvalue weighted by Crippen LogP contribution is -2.47. The van der Waals surface area contributed by atoms with Crippen LogP contribution in [0.4, 0.5) is 18.9 Å². The van der Waals surface area contributed by atoms with Crippen LogP contribution in [-0.2, 0) is 16.4 Å². The third-order valence-electron chi connectivity index (χ3n) is 6.62. The molecule has 1 aliphatic rings.